The number of carbonyl (C=O) groups is 1. The maximum absolute atomic E-state index is 13.2. The van der Waals surface area contributed by atoms with Crippen molar-refractivity contribution in [3.63, 3.8) is 0 Å². The Kier molecular flexibility index (Phi) is 7.94. The van der Waals surface area contributed by atoms with Gasteiger partial charge in [0.15, 0.2) is 8.32 Å². The van der Waals surface area contributed by atoms with E-state index in [0.717, 1.165) is 5.56 Å². The second kappa shape index (κ2) is 9.75. The summed E-state index contributed by atoms with van der Waals surface area (Å²) in [6, 6.07) is 1.59. The number of aromatic nitrogens is 2. The lowest BCUT2D eigenvalue weighted by molar-refractivity contribution is 0.0523. The second-order valence-electron chi connectivity index (χ2n) is 10.1. The van der Waals surface area contributed by atoms with Crippen LogP contribution in [0.3, 0.4) is 0 Å². The van der Waals surface area contributed by atoms with Crippen LogP contribution in [0.4, 0.5) is 0 Å². The number of methoxy groups -OCH3 is 1. The Hall–Kier alpha value is -2.19. The predicted octanol–water partition coefficient (Wildman–Crippen LogP) is 5.11. The largest absolute Gasteiger partial charge is 0.481 e. The molecular formula is C24H38N2O5Si. The molecule has 0 spiro atoms. The molecule has 1 atom stereocenters. The van der Waals surface area contributed by atoms with Gasteiger partial charge in [-0.3, -0.25) is 4.79 Å². The molecule has 7 nitrogen and oxygen atoms in total. The summed E-state index contributed by atoms with van der Waals surface area (Å²) in [6.07, 6.45) is 1.57. The van der Waals surface area contributed by atoms with Crippen molar-refractivity contribution in [2.45, 2.75) is 72.6 Å². The van der Waals surface area contributed by atoms with Gasteiger partial charge in [-0.25, -0.2) is 4.79 Å². The van der Waals surface area contributed by atoms with E-state index < -0.39 is 14.3 Å². The number of esters is 1. The van der Waals surface area contributed by atoms with Gasteiger partial charge in [0.1, 0.15) is 11.2 Å². The molecule has 2 aromatic heterocycles. The Bertz CT molecular complexity index is 1040. The SMILES string of the molecule is CCOC(=O)c1cn(C(CO[Si](C)(C)C(C)(C)C)C(C)C)c2nc(OC)c(C)cc2c1=O. The number of aryl methyl sites for hydroxylation is 1. The quantitative estimate of drug-likeness (QED) is 0.401. The van der Waals surface area contributed by atoms with Crippen LogP contribution in [0.25, 0.3) is 11.0 Å². The van der Waals surface area contributed by atoms with Crippen LogP contribution in [0.15, 0.2) is 17.1 Å². The lowest BCUT2D eigenvalue weighted by Crippen LogP contribution is -2.42. The fourth-order valence-corrected chi connectivity index (χ4v) is 4.29. The molecule has 0 aliphatic carbocycles. The number of rotatable bonds is 8. The van der Waals surface area contributed by atoms with Gasteiger partial charge in [0.25, 0.3) is 0 Å². The molecule has 178 valence electrons. The van der Waals surface area contributed by atoms with Crippen molar-refractivity contribution in [1.29, 1.82) is 0 Å². The van der Waals surface area contributed by atoms with Gasteiger partial charge >= 0.3 is 5.97 Å². The average Bonchev–Trinajstić information content (AvgIpc) is 2.68. The summed E-state index contributed by atoms with van der Waals surface area (Å²) < 4.78 is 19.0. The first-order valence-corrected chi connectivity index (χ1v) is 14.1. The highest BCUT2D eigenvalue weighted by atomic mass is 28.4. The number of nitrogens with zero attached hydrogens (tertiary/aromatic N) is 2. The van der Waals surface area contributed by atoms with Crippen LogP contribution >= 0.6 is 0 Å². The van der Waals surface area contributed by atoms with Gasteiger partial charge in [-0.2, -0.15) is 4.98 Å². The minimum atomic E-state index is -2.01. The standard InChI is InChI=1S/C24H38N2O5Si/c1-11-30-23(28)18-13-26(19(15(2)3)14-31-32(9,10)24(5,6)7)21-17(20(18)27)12-16(4)22(25-21)29-8/h12-13,15,19H,11,14H2,1-10H3. The number of fused-ring (bicyclic) bond motifs is 1. The number of hydrogen-bond acceptors (Lipinski definition) is 6. The van der Waals surface area contributed by atoms with Gasteiger partial charge in [-0.15, -0.1) is 0 Å². The summed E-state index contributed by atoms with van der Waals surface area (Å²) in [6.45, 7) is 19.4. The highest BCUT2D eigenvalue weighted by Gasteiger charge is 2.38. The number of hydrogen-bond donors (Lipinski definition) is 0. The van der Waals surface area contributed by atoms with Crippen LogP contribution in [0.5, 0.6) is 5.88 Å². The van der Waals surface area contributed by atoms with Crippen molar-refractivity contribution in [3.8, 4) is 5.88 Å². The van der Waals surface area contributed by atoms with Crippen LogP contribution in [-0.2, 0) is 9.16 Å². The highest BCUT2D eigenvalue weighted by molar-refractivity contribution is 6.74. The van der Waals surface area contributed by atoms with Gasteiger partial charge in [0.05, 0.1) is 31.8 Å². The van der Waals surface area contributed by atoms with Crippen molar-refractivity contribution in [2.24, 2.45) is 5.92 Å². The fraction of sp³-hybridized carbons (Fsp3) is 0.625. The Morgan fingerprint density at radius 1 is 1.25 bits per heavy atom. The summed E-state index contributed by atoms with van der Waals surface area (Å²) in [5.41, 5.74) is 0.816. The molecule has 8 heteroatoms. The van der Waals surface area contributed by atoms with Crippen molar-refractivity contribution in [1.82, 2.24) is 9.55 Å². The zero-order chi connectivity index (χ0) is 24.4. The Morgan fingerprint density at radius 2 is 1.88 bits per heavy atom. The van der Waals surface area contributed by atoms with E-state index in [4.69, 9.17) is 13.9 Å². The minimum absolute atomic E-state index is 0.00342. The zero-order valence-electron chi connectivity index (χ0n) is 21.2. The van der Waals surface area contributed by atoms with Crippen LogP contribution in [0, 0.1) is 12.8 Å². The molecule has 0 aliphatic rings. The van der Waals surface area contributed by atoms with Crippen LogP contribution < -0.4 is 10.2 Å². The monoisotopic (exact) mass is 462 g/mol. The summed E-state index contributed by atoms with van der Waals surface area (Å²) in [5.74, 6) is -0.0218. The smallest absolute Gasteiger partial charge is 0.343 e. The van der Waals surface area contributed by atoms with Crippen molar-refractivity contribution < 1.29 is 18.7 Å². The summed E-state index contributed by atoms with van der Waals surface area (Å²) in [7, 11) is -0.459. The van der Waals surface area contributed by atoms with E-state index in [0.29, 0.717) is 23.5 Å². The third kappa shape index (κ3) is 5.23. The van der Waals surface area contributed by atoms with Crippen molar-refractivity contribution in [3.05, 3.63) is 33.6 Å². The van der Waals surface area contributed by atoms with Gasteiger partial charge in [-0.05, 0) is 44.0 Å². The molecule has 0 fully saturated rings. The van der Waals surface area contributed by atoms with Crippen LogP contribution in [0.2, 0.25) is 18.1 Å². The average molecular weight is 463 g/mol. The first kappa shape index (κ1) is 26.1. The van der Waals surface area contributed by atoms with E-state index in [2.05, 4.69) is 52.7 Å². The van der Waals surface area contributed by atoms with E-state index in [-0.39, 0.29) is 34.6 Å². The zero-order valence-corrected chi connectivity index (χ0v) is 22.2. The molecule has 0 aromatic carbocycles. The van der Waals surface area contributed by atoms with Crippen LogP contribution in [-0.4, -0.2) is 44.2 Å². The Morgan fingerprint density at radius 3 is 2.38 bits per heavy atom. The second-order valence-corrected chi connectivity index (χ2v) is 14.9. The maximum Gasteiger partial charge on any atom is 0.343 e. The molecule has 1 unspecified atom stereocenters. The number of pyridine rings is 2. The van der Waals surface area contributed by atoms with E-state index in [1.54, 1.807) is 26.3 Å². The normalized spacial score (nSPS) is 13.5. The first-order chi connectivity index (χ1) is 14.7. The third-order valence-corrected chi connectivity index (χ3v) is 10.9. The Labute approximate surface area is 192 Å². The molecule has 32 heavy (non-hydrogen) atoms. The molecule has 2 aromatic rings. The summed E-state index contributed by atoms with van der Waals surface area (Å²) >= 11 is 0. The molecule has 2 heterocycles. The maximum atomic E-state index is 13.2. The molecule has 0 saturated heterocycles. The predicted molar refractivity (Wildman–Crippen MR) is 130 cm³/mol. The summed E-state index contributed by atoms with van der Waals surface area (Å²) in [5, 5.41) is 0.432. The lowest BCUT2D eigenvalue weighted by atomic mass is 10.0. The minimum Gasteiger partial charge on any atom is -0.481 e. The first-order valence-electron chi connectivity index (χ1n) is 11.2. The molecule has 0 bridgehead atoms. The van der Waals surface area contributed by atoms with E-state index in [9.17, 15) is 9.59 Å². The highest BCUT2D eigenvalue weighted by Crippen LogP contribution is 2.37. The van der Waals surface area contributed by atoms with Crippen molar-refractivity contribution >= 4 is 25.3 Å². The molecule has 2 rings (SSSR count). The topological polar surface area (TPSA) is 79.7 Å². The fourth-order valence-electron chi connectivity index (χ4n) is 3.27. The molecule has 0 saturated carbocycles. The van der Waals surface area contributed by atoms with Crippen molar-refractivity contribution in [2.75, 3.05) is 20.3 Å². The number of ether oxygens (including phenoxy) is 2. The van der Waals surface area contributed by atoms with E-state index in [1.165, 1.54) is 0 Å². The third-order valence-electron chi connectivity index (χ3n) is 6.39. The molecule has 0 N–H and O–H groups in total. The molecular weight excluding hydrogens is 424 g/mol. The van der Waals surface area contributed by atoms with E-state index >= 15 is 0 Å². The number of carbonyl (C=O) groups excluding carboxylic acids is 1. The Balaban J connectivity index is 2.74. The molecule has 0 aliphatic heterocycles. The van der Waals surface area contributed by atoms with Gasteiger partial charge < -0.3 is 18.5 Å². The molecule has 0 amide bonds. The van der Waals surface area contributed by atoms with Gasteiger partial charge in [-0.1, -0.05) is 34.6 Å². The van der Waals surface area contributed by atoms with Gasteiger partial charge in [0.2, 0.25) is 11.3 Å². The molecule has 0 radical (unpaired) electrons. The lowest BCUT2D eigenvalue weighted by Gasteiger charge is -2.38. The van der Waals surface area contributed by atoms with Crippen LogP contribution in [0.1, 0.15) is 63.5 Å². The summed E-state index contributed by atoms with van der Waals surface area (Å²) in [4.78, 5) is 30.4. The van der Waals surface area contributed by atoms with E-state index in [1.807, 2.05) is 11.5 Å². The van der Waals surface area contributed by atoms with Gasteiger partial charge in [0, 0.05) is 11.8 Å².